The average Bonchev–Trinajstić information content (AvgIpc) is 2.61. The van der Waals surface area contributed by atoms with E-state index in [-0.39, 0.29) is 6.42 Å². The summed E-state index contributed by atoms with van der Waals surface area (Å²) in [4.78, 5) is 7.23. The van der Waals surface area contributed by atoms with Gasteiger partial charge in [0.05, 0.1) is 18.2 Å². The van der Waals surface area contributed by atoms with Crippen LogP contribution in [0.3, 0.4) is 0 Å². The van der Waals surface area contributed by atoms with Crippen LogP contribution in [0.25, 0.3) is 11.4 Å². The summed E-state index contributed by atoms with van der Waals surface area (Å²) < 4.78 is 0.934. The maximum absolute atomic E-state index is 8.61. The van der Waals surface area contributed by atoms with Gasteiger partial charge in [0.15, 0.2) is 5.15 Å². The van der Waals surface area contributed by atoms with Crippen LogP contribution >= 0.6 is 27.5 Å². The fraction of sp³-hybridized carbons (Fsp3) is 0.0909. The number of aromatic amines is 1. The minimum Gasteiger partial charge on any atom is -0.340 e. The smallest absolute Gasteiger partial charge is 0.151 e. The van der Waals surface area contributed by atoms with Crippen LogP contribution in [0.5, 0.6) is 0 Å². The van der Waals surface area contributed by atoms with Crippen LogP contribution in [0.2, 0.25) is 5.15 Å². The summed E-state index contributed by atoms with van der Waals surface area (Å²) in [5.74, 6) is 0.669. The van der Waals surface area contributed by atoms with Crippen LogP contribution in [0.15, 0.2) is 28.7 Å². The predicted octanol–water partition coefficient (Wildman–Crippen LogP) is 3.56. The molecule has 3 nitrogen and oxygen atoms in total. The van der Waals surface area contributed by atoms with E-state index in [9.17, 15) is 0 Å². The van der Waals surface area contributed by atoms with E-state index in [2.05, 4.69) is 25.9 Å². The molecule has 16 heavy (non-hydrogen) atoms. The van der Waals surface area contributed by atoms with Crippen LogP contribution < -0.4 is 0 Å². The van der Waals surface area contributed by atoms with Crippen molar-refractivity contribution in [1.29, 1.82) is 5.26 Å². The quantitative estimate of drug-likeness (QED) is 0.921. The molecule has 0 saturated heterocycles. The number of halogens is 2. The van der Waals surface area contributed by atoms with Crippen molar-refractivity contribution in [3.05, 3.63) is 39.6 Å². The molecule has 0 fully saturated rings. The summed E-state index contributed by atoms with van der Waals surface area (Å²) in [6, 6.07) is 9.73. The molecular weight excluding hydrogens is 289 g/mol. The molecule has 1 heterocycles. The molecule has 0 aliphatic heterocycles. The number of rotatable bonds is 2. The number of hydrogen-bond donors (Lipinski definition) is 1. The molecule has 5 heteroatoms. The third-order valence-electron chi connectivity index (χ3n) is 2.11. The van der Waals surface area contributed by atoms with Crippen molar-refractivity contribution < 1.29 is 0 Å². The van der Waals surface area contributed by atoms with E-state index >= 15 is 0 Å². The predicted molar refractivity (Wildman–Crippen MR) is 66.1 cm³/mol. The van der Waals surface area contributed by atoms with Crippen molar-refractivity contribution in [2.45, 2.75) is 6.42 Å². The Balaban J connectivity index is 2.46. The number of nitrogens with zero attached hydrogens (tertiary/aromatic N) is 2. The zero-order valence-electron chi connectivity index (χ0n) is 8.17. The number of aromatic nitrogens is 2. The lowest BCUT2D eigenvalue weighted by molar-refractivity contribution is 1.16. The molecule has 2 aromatic rings. The summed E-state index contributed by atoms with van der Waals surface area (Å²) >= 11 is 9.35. The Morgan fingerprint density at radius 2 is 2.19 bits per heavy atom. The minimum atomic E-state index is 0.232. The van der Waals surface area contributed by atoms with Crippen molar-refractivity contribution in [2.75, 3.05) is 0 Å². The molecule has 0 saturated carbocycles. The van der Waals surface area contributed by atoms with Gasteiger partial charge in [-0.25, -0.2) is 4.98 Å². The van der Waals surface area contributed by atoms with E-state index in [0.717, 1.165) is 10.0 Å². The first-order valence-electron chi connectivity index (χ1n) is 4.58. The molecule has 80 valence electrons. The highest BCUT2D eigenvalue weighted by Crippen LogP contribution is 2.27. The summed E-state index contributed by atoms with van der Waals surface area (Å²) in [5, 5.41) is 8.97. The maximum Gasteiger partial charge on any atom is 0.151 e. The second kappa shape index (κ2) is 4.69. The van der Waals surface area contributed by atoms with Gasteiger partial charge in [-0.1, -0.05) is 45.7 Å². The van der Waals surface area contributed by atoms with Gasteiger partial charge in [0.1, 0.15) is 5.82 Å². The summed E-state index contributed by atoms with van der Waals surface area (Å²) in [7, 11) is 0. The van der Waals surface area contributed by atoms with E-state index < -0.39 is 0 Å². The first kappa shape index (κ1) is 11.2. The van der Waals surface area contributed by atoms with E-state index in [4.69, 9.17) is 16.9 Å². The summed E-state index contributed by atoms with van der Waals surface area (Å²) in [5.41, 5.74) is 1.57. The van der Waals surface area contributed by atoms with Gasteiger partial charge in [0, 0.05) is 10.0 Å². The van der Waals surface area contributed by atoms with E-state index in [1.807, 2.05) is 30.3 Å². The second-order valence-corrected chi connectivity index (χ2v) is 4.38. The van der Waals surface area contributed by atoms with E-state index in [1.54, 1.807) is 0 Å². The van der Waals surface area contributed by atoms with Gasteiger partial charge >= 0.3 is 0 Å². The Bertz CT molecular complexity index is 557. The molecule has 0 aliphatic carbocycles. The molecule has 1 aromatic heterocycles. The number of imidazole rings is 1. The molecule has 0 unspecified atom stereocenters. The van der Waals surface area contributed by atoms with Crippen LogP contribution in [0, 0.1) is 11.3 Å². The Hall–Kier alpha value is -1.31. The maximum atomic E-state index is 8.61. The largest absolute Gasteiger partial charge is 0.340 e. The third kappa shape index (κ3) is 2.11. The van der Waals surface area contributed by atoms with Gasteiger partial charge in [-0.2, -0.15) is 5.26 Å². The van der Waals surface area contributed by atoms with Gasteiger partial charge in [0.25, 0.3) is 0 Å². The van der Waals surface area contributed by atoms with Gasteiger partial charge in [0.2, 0.25) is 0 Å². The first-order chi connectivity index (χ1) is 7.72. The molecule has 0 atom stereocenters. The molecule has 1 N–H and O–H groups in total. The van der Waals surface area contributed by atoms with Gasteiger partial charge in [-0.15, -0.1) is 0 Å². The summed E-state index contributed by atoms with van der Waals surface area (Å²) in [6.07, 6.45) is 0.232. The van der Waals surface area contributed by atoms with Crippen LogP contribution in [-0.4, -0.2) is 9.97 Å². The molecule has 2 rings (SSSR count). The van der Waals surface area contributed by atoms with Crippen molar-refractivity contribution >= 4 is 27.5 Å². The molecule has 0 amide bonds. The molecule has 0 radical (unpaired) electrons. The molecule has 0 aliphatic rings. The van der Waals surface area contributed by atoms with Gasteiger partial charge in [-0.05, 0) is 6.07 Å². The second-order valence-electron chi connectivity index (χ2n) is 3.17. The van der Waals surface area contributed by atoms with Crippen molar-refractivity contribution in [1.82, 2.24) is 9.97 Å². The Morgan fingerprint density at radius 1 is 1.44 bits per heavy atom. The van der Waals surface area contributed by atoms with Gasteiger partial charge < -0.3 is 4.98 Å². The average molecular weight is 297 g/mol. The van der Waals surface area contributed by atoms with Crippen molar-refractivity contribution in [3.63, 3.8) is 0 Å². The molecule has 0 bridgehead atoms. The highest BCUT2D eigenvalue weighted by molar-refractivity contribution is 9.10. The zero-order valence-corrected chi connectivity index (χ0v) is 10.5. The standard InChI is InChI=1S/C11H7BrClN3/c12-8-4-2-1-3-7(8)11-15-9(5-6-14)10(13)16-11/h1-4H,5H2,(H,15,16). The number of H-pyrrole nitrogens is 1. The SMILES string of the molecule is N#CCc1[nH]c(-c2ccccc2Br)nc1Cl. The highest BCUT2D eigenvalue weighted by atomic mass is 79.9. The highest BCUT2D eigenvalue weighted by Gasteiger charge is 2.11. The fourth-order valence-electron chi connectivity index (χ4n) is 1.37. The number of nitriles is 1. The Morgan fingerprint density at radius 3 is 2.88 bits per heavy atom. The van der Waals surface area contributed by atoms with Crippen molar-refractivity contribution in [2.24, 2.45) is 0 Å². The lowest BCUT2D eigenvalue weighted by atomic mass is 10.2. The third-order valence-corrected chi connectivity index (χ3v) is 3.12. The normalized spacial score (nSPS) is 10.1. The van der Waals surface area contributed by atoms with Gasteiger partial charge in [-0.3, -0.25) is 0 Å². The topological polar surface area (TPSA) is 52.5 Å². The van der Waals surface area contributed by atoms with Crippen LogP contribution in [0.4, 0.5) is 0 Å². The van der Waals surface area contributed by atoms with Crippen LogP contribution in [0.1, 0.15) is 5.69 Å². The number of nitrogens with one attached hydrogen (secondary N) is 1. The zero-order chi connectivity index (χ0) is 11.5. The number of hydrogen-bond acceptors (Lipinski definition) is 2. The molecule has 1 aromatic carbocycles. The minimum absolute atomic E-state index is 0.232. The first-order valence-corrected chi connectivity index (χ1v) is 5.75. The molecule has 0 spiro atoms. The Labute approximate surface area is 106 Å². The summed E-state index contributed by atoms with van der Waals surface area (Å²) in [6.45, 7) is 0. The Kier molecular flexibility index (Phi) is 3.28. The monoisotopic (exact) mass is 295 g/mol. The van der Waals surface area contributed by atoms with Crippen molar-refractivity contribution in [3.8, 4) is 17.5 Å². The lowest BCUT2D eigenvalue weighted by Crippen LogP contribution is -1.84. The van der Waals surface area contributed by atoms with E-state index in [1.165, 1.54) is 0 Å². The fourth-order valence-corrected chi connectivity index (χ4v) is 2.04. The van der Waals surface area contributed by atoms with Crippen LogP contribution in [-0.2, 0) is 6.42 Å². The number of benzene rings is 1. The lowest BCUT2D eigenvalue weighted by Gasteiger charge is -1.98. The van der Waals surface area contributed by atoms with E-state index in [0.29, 0.717) is 16.7 Å². The molecular formula is C11H7BrClN3.